The number of nitrogens with one attached hydrogen (secondary N) is 2. The first-order chi connectivity index (χ1) is 14.0. The highest BCUT2D eigenvalue weighted by Gasteiger charge is 2.32. The van der Waals surface area contributed by atoms with Crippen LogP contribution in [0.3, 0.4) is 0 Å². The van der Waals surface area contributed by atoms with Gasteiger partial charge < -0.3 is 15.5 Å². The molecule has 0 saturated carbocycles. The van der Waals surface area contributed by atoms with Crippen LogP contribution in [0.15, 0.2) is 47.4 Å². The molecule has 152 valence electrons. The maximum atomic E-state index is 12.4. The topological polar surface area (TPSA) is 61.4 Å². The van der Waals surface area contributed by atoms with Crippen LogP contribution in [0.25, 0.3) is 11.1 Å². The van der Waals surface area contributed by atoms with Crippen LogP contribution >= 0.6 is 23.4 Å². The van der Waals surface area contributed by atoms with Crippen molar-refractivity contribution in [3.63, 3.8) is 0 Å². The van der Waals surface area contributed by atoms with E-state index in [1.54, 1.807) is 11.8 Å². The Balaban J connectivity index is 1.31. The third-order valence-corrected chi connectivity index (χ3v) is 6.65. The first-order valence-electron chi connectivity index (χ1n) is 9.79. The van der Waals surface area contributed by atoms with E-state index in [4.69, 9.17) is 11.6 Å². The lowest BCUT2D eigenvalue weighted by Gasteiger charge is -2.40. The van der Waals surface area contributed by atoms with E-state index in [1.165, 1.54) is 21.6 Å². The number of hydrogen-bond donors (Lipinski definition) is 2. The Labute approximate surface area is 180 Å². The summed E-state index contributed by atoms with van der Waals surface area (Å²) in [6.07, 6.45) is 3.22. The third-order valence-electron chi connectivity index (χ3n) is 5.64. The number of nitrogens with zero attached hydrogens (tertiary/aromatic N) is 1. The van der Waals surface area contributed by atoms with Crippen molar-refractivity contribution >= 4 is 35.3 Å². The molecule has 4 rings (SSSR count). The molecule has 0 bridgehead atoms. The number of amides is 3. The van der Waals surface area contributed by atoms with E-state index in [-0.39, 0.29) is 18.0 Å². The van der Waals surface area contributed by atoms with Gasteiger partial charge >= 0.3 is 6.03 Å². The fourth-order valence-electron chi connectivity index (χ4n) is 3.86. The van der Waals surface area contributed by atoms with Crippen LogP contribution in [-0.4, -0.2) is 48.8 Å². The van der Waals surface area contributed by atoms with E-state index >= 15 is 0 Å². The van der Waals surface area contributed by atoms with Gasteiger partial charge in [0, 0.05) is 47.9 Å². The molecule has 1 unspecified atom stereocenters. The second kappa shape index (κ2) is 8.67. The first-order valence-corrected chi connectivity index (χ1v) is 11.4. The van der Waals surface area contributed by atoms with Crippen molar-refractivity contribution in [3.05, 3.63) is 53.1 Å². The van der Waals surface area contributed by atoms with Crippen molar-refractivity contribution in [2.45, 2.75) is 29.7 Å². The summed E-state index contributed by atoms with van der Waals surface area (Å²) in [5.74, 6) is 0.566. The smallest absolute Gasteiger partial charge is 0.315 e. The number of carbonyl (C=O) groups excluding carboxylic acids is 2. The van der Waals surface area contributed by atoms with Crippen molar-refractivity contribution in [1.29, 1.82) is 0 Å². The number of likely N-dealkylation sites (tertiary alicyclic amines) is 1. The van der Waals surface area contributed by atoms with Crippen LogP contribution in [0.5, 0.6) is 0 Å². The van der Waals surface area contributed by atoms with Crippen molar-refractivity contribution in [2.24, 2.45) is 0 Å². The highest BCUT2D eigenvalue weighted by molar-refractivity contribution is 7.98. The van der Waals surface area contributed by atoms with Crippen LogP contribution in [0.2, 0.25) is 5.02 Å². The Morgan fingerprint density at radius 2 is 1.97 bits per heavy atom. The minimum absolute atomic E-state index is 0.0649. The van der Waals surface area contributed by atoms with E-state index in [0.717, 1.165) is 18.1 Å². The number of urea groups is 1. The van der Waals surface area contributed by atoms with Gasteiger partial charge in [0.2, 0.25) is 5.91 Å². The number of thioether (sulfide) groups is 1. The fraction of sp³-hybridized carbons (Fsp3) is 0.364. The van der Waals surface area contributed by atoms with Crippen LogP contribution in [0.1, 0.15) is 24.3 Å². The molecule has 2 aromatic carbocycles. The van der Waals surface area contributed by atoms with Crippen molar-refractivity contribution in [1.82, 2.24) is 15.5 Å². The molecule has 5 nitrogen and oxygen atoms in total. The number of rotatable bonds is 6. The van der Waals surface area contributed by atoms with E-state index in [9.17, 15) is 9.59 Å². The minimum Gasteiger partial charge on any atom is -0.341 e. The molecule has 0 spiro atoms. The molecule has 2 heterocycles. The van der Waals surface area contributed by atoms with Crippen LogP contribution in [0.4, 0.5) is 4.79 Å². The maximum Gasteiger partial charge on any atom is 0.315 e. The first kappa shape index (κ1) is 20.1. The van der Waals surface area contributed by atoms with Crippen LogP contribution in [-0.2, 0) is 4.79 Å². The lowest BCUT2D eigenvalue weighted by molar-refractivity contribution is -0.135. The summed E-state index contributed by atoms with van der Waals surface area (Å²) >= 11 is 7.81. The summed E-state index contributed by atoms with van der Waals surface area (Å²) in [4.78, 5) is 26.6. The highest BCUT2D eigenvalue weighted by Crippen LogP contribution is 2.34. The molecule has 0 radical (unpaired) electrons. The standard InChI is InChI=1S/C22H24ClN3O2S/c1-29-20-10-17(23)6-8-19(20)15-4-2-14(3-5-15)16-12-26(13-16)21(27)9-7-18-11-24-22(28)25-18/h2-6,8,10,16,18H,7,9,11-13H2,1H3,(H2,24,25,28). The van der Waals surface area contributed by atoms with E-state index in [2.05, 4.69) is 47.2 Å². The molecule has 29 heavy (non-hydrogen) atoms. The Bertz CT molecular complexity index is 913. The molecule has 2 aliphatic heterocycles. The van der Waals surface area contributed by atoms with Crippen LogP contribution in [0, 0.1) is 0 Å². The zero-order chi connectivity index (χ0) is 20.4. The van der Waals surface area contributed by atoms with Crippen LogP contribution < -0.4 is 10.6 Å². The van der Waals surface area contributed by atoms with E-state index < -0.39 is 0 Å². The number of hydrogen-bond acceptors (Lipinski definition) is 3. The average Bonchev–Trinajstić information content (AvgIpc) is 3.11. The van der Waals surface area contributed by atoms with Crippen molar-refractivity contribution in [2.75, 3.05) is 25.9 Å². The summed E-state index contributed by atoms with van der Waals surface area (Å²) in [6.45, 7) is 2.14. The quantitative estimate of drug-likeness (QED) is 0.679. The molecule has 7 heteroatoms. The molecular weight excluding hydrogens is 406 g/mol. The molecule has 2 aromatic rings. The average molecular weight is 430 g/mol. The van der Waals surface area contributed by atoms with Gasteiger partial charge in [0.25, 0.3) is 0 Å². The molecule has 2 N–H and O–H groups in total. The summed E-state index contributed by atoms with van der Waals surface area (Å²) in [5.41, 5.74) is 3.63. The van der Waals surface area contributed by atoms with Gasteiger partial charge in [0.1, 0.15) is 0 Å². The SMILES string of the molecule is CSc1cc(Cl)ccc1-c1ccc(C2CN(C(=O)CCC3CNC(=O)N3)C2)cc1. The predicted molar refractivity (Wildman–Crippen MR) is 118 cm³/mol. The largest absolute Gasteiger partial charge is 0.341 e. The van der Waals surface area contributed by atoms with Gasteiger partial charge in [-0.15, -0.1) is 11.8 Å². The molecule has 0 aromatic heterocycles. The normalized spacial score (nSPS) is 18.9. The zero-order valence-electron chi connectivity index (χ0n) is 16.3. The summed E-state index contributed by atoms with van der Waals surface area (Å²) in [6, 6.07) is 14.5. The van der Waals surface area contributed by atoms with Gasteiger partial charge in [0.05, 0.1) is 0 Å². The lowest BCUT2D eigenvalue weighted by Crippen LogP contribution is -2.48. The molecule has 1 atom stereocenters. The Kier molecular flexibility index (Phi) is 6.01. The second-order valence-electron chi connectivity index (χ2n) is 7.55. The van der Waals surface area contributed by atoms with Crippen molar-refractivity contribution < 1.29 is 9.59 Å². The van der Waals surface area contributed by atoms with Gasteiger partial charge in [-0.3, -0.25) is 4.79 Å². The summed E-state index contributed by atoms with van der Waals surface area (Å²) in [5, 5.41) is 6.29. The predicted octanol–water partition coefficient (Wildman–Crippen LogP) is 4.12. The molecule has 3 amide bonds. The monoisotopic (exact) mass is 429 g/mol. The highest BCUT2D eigenvalue weighted by atomic mass is 35.5. The number of halogens is 1. The number of benzene rings is 2. The fourth-order valence-corrected chi connectivity index (χ4v) is 4.75. The Morgan fingerprint density at radius 1 is 1.21 bits per heavy atom. The van der Waals surface area contributed by atoms with Crippen molar-refractivity contribution in [3.8, 4) is 11.1 Å². The maximum absolute atomic E-state index is 12.4. The molecular formula is C22H24ClN3O2S. The molecule has 0 aliphatic carbocycles. The van der Waals surface area contributed by atoms with Gasteiger partial charge in [-0.2, -0.15) is 0 Å². The lowest BCUT2D eigenvalue weighted by atomic mass is 9.89. The van der Waals surface area contributed by atoms with Gasteiger partial charge in [-0.1, -0.05) is 41.9 Å². The molecule has 2 fully saturated rings. The van der Waals surface area contributed by atoms with E-state index in [0.29, 0.717) is 25.3 Å². The van der Waals surface area contributed by atoms with Gasteiger partial charge in [-0.25, -0.2) is 4.79 Å². The Hall–Kier alpha value is -2.18. The van der Waals surface area contributed by atoms with Gasteiger partial charge in [-0.05, 0) is 41.5 Å². The van der Waals surface area contributed by atoms with E-state index in [1.807, 2.05) is 17.0 Å². The number of carbonyl (C=O) groups is 2. The molecule has 2 aliphatic rings. The minimum atomic E-state index is -0.141. The zero-order valence-corrected chi connectivity index (χ0v) is 17.9. The molecule has 2 saturated heterocycles. The Morgan fingerprint density at radius 3 is 2.62 bits per heavy atom. The summed E-state index contributed by atoms with van der Waals surface area (Å²) in [7, 11) is 0. The van der Waals surface area contributed by atoms with Gasteiger partial charge in [0.15, 0.2) is 0 Å². The second-order valence-corrected chi connectivity index (χ2v) is 8.84. The summed E-state index contributed by atoms with van der Waals surface area (Å²) < 4.78 is 0. The third kappa shape index (κ3) is 4.54.